The number of pyridine rings is 2. The number of carbonyl (C=O) groups excluding carboxylic acids is 1. The molecule has 1 aliphatic rings. The Balaban J connectivity index is 1.90. The molecule has 0 aromatic carbocycles. The summed E-state index contributed by atoms with van der Waals surface area (Å²) in [5, 5.41) is 3.84. The van der Waals surface area contributed by atoms with Gasteiger partial charge in [-0.25, -0.2) is 4.98 Å². The summed E-state index contributed by atoms with van der Waals surface area (Å²) in [4.78, 5) is 29.1. The van der Waals surface area contributed by atoms with Crippen molar-refractivity contribution in [1.82, 2.24) is 14.9 Å². The van der Waals surface area contributed by atoms with Gasteiger partial charge in [0.15, 0.2) is 0 Å². The number of hydrogen-bond donors (Lipinski definition) is 1. The Labute approximate surface area is 129 Å². The molecule has 1 aliphatic carbocycles. The van der Waals surface area contributed by atoms with Crippen molar-refractivity contribution in [3.05, 3.63) is 40.3 Å². The monoisotopic (exact) mass is 299 g/mol. The first-order chi connectivity index (χ1) is 10.7. The average molecular weight is 299 g/mol. The molecule has 0 spiro atoms. The van der Waals surface area contributed by atoms with Crippen molar-refractivity contribution < 1.29 is 4.79 Å². The van der Waals surface area contributed by atoms with E-state index in [1.165, 1.54) is 17.4 Å². The van der Waals surface area contributed by atoms with Crippen molar-refractivity contribution in [2.24, 2.45) is 7.05 Å². The lowest BCUT2D eigenvalue weighted by atomic mass is 10.1. The van der Waals surface area contributed by atoms with Gasteiger partial charge in [0.1, 0.15) is 11.2 Å². The van der Waals surface area contributed by atoms with Crippen LogP contribution in [0.1, 0.15) is 48.9 Å². The molecule has 0 unspecified atom stereocenters. The van der Waals surface area contributed by atoms with E-state index in [-0.39, 0.29) is 23.1 Å². The third kappa shape index (κ3) is 2.89. The average Bonchev–Trinajstić information content (AvgIpc) is 2.79. The molecule has 5 heteroatoms. The molecule has 5 nitrogen and oxygen atoms in total. The van der Waals surface area contributed by atoms with Gasteiger partial charge in [0, 0.05) is 24.7 Å². The van der Waals surface area contributed by atoms with Crippen molar-refractivity contribution in [3.63, 3.8) is 0 Å². The van der Waals surface area contributed by atoms with Gasteiger partial charge < -0.3 is 5.32 Å². The number of carbonyl (C=O) groups is 1. The van der Waals surface area contributed by atoms with E-state index in [2.05, 4.69) is 10.3 Å². The van der Waals surface area contributed by atoms with Crippen molar-refractivity contribution in [2.45, 2.75) is 44.6 Å². The summed E-state index contributed by atoms with van der Waals surface area (Å²) in [6.45, 7) is 0. The number of aryl methyl sites for hydroxylation is 1. The lowest BCUT2D eigenvalue weighted by Crippen LogP contribution is -2.38. The maximum absolute atomic E-state index is 12.5. The zero-order valence-electron chi connectivity index (χ0n) is 12.8. The zero-order valence-corrected chi connectivity index (χ0v) is 12.8. The van der Waals surface area contributed by atoms with Gasteiger partial charge >= 0.3 is 0 Å². The minimum atomic E-state index is -0.294. The summed E-state index contributed by atoms with van der Waals surface area (Å²) in [5.74, 6) is -0.266. The molecule has 0 radical (unpaired) electrons. The van der Waals surface area contributed by atoms with Crippen LogP contribution in [0, 0.1) is 0 Å². The van der Waals surface area contributed by atoms with Crippen molar-refractivity contribution >= 4 is 16.9 Å². The highest BCUT2D eigenvalue weighted by molar-refractivity contribution is 5.97. The van der Waals surface area contributed by atoms with E-state index in [4.69, 9.17) is 0 Å². The Morgan fingerprint density at radius 1 is 1.27 bits per heavy atom. The largest absolute Gasteiger partial charge is 0.349 e. The molecule has 2 aromatic rings. The van der Waals surface area contributed by atoms with Crippen LogP contribution in [0.4, 0.5) is 0 Å². The summed E-state index contributed by atoms with van der Waals surface area (Å²) in [5.41, 5.74) is 0.503. The number of nitrogens with one attached hydrogen (secondary N) is 1. The second kappa shape index (κ2) is 6.30. The molecule has 1 fully saturated rings. The van der Waals surface area contributed by atoms with Crippen LogP contribution >= 0.6 is 0 Å². The van der Waals surface area contributed by atoms with E-state index >= 15 is 0 Å². The quantitative estimate of drug-likeness (QED) is 0.866. The first kappa shape index (κ1) is 14.8. The lowest BCUT2D eigenvalue weighted by molar-refractivity contribution is 0.0931. The van der Waals surface area contributed by atoms with E-state index in [9.17, 15) is 9.59 Å². The topological polar surface area (TPSA) is 64.0 Å². The maximum Gasteiger partial charge on any atom is 0.264 e. The van der Waals surface area contributed by atoms with Crippen LogP contribution in [-0.4, -0.2) is 21.5 Å². The molecule has 22 heavy (non-hydrogen) atoms. The van der Waals surface area contributed by atoms with Crippen molar-refractivity contribution in [2.75, 3.05) is 0 Å². The summed E-state index contributed by atoms with van der Waals surface area (Å²) in [6, 6.07) is 5.50. The fraction of sp³-hybridized carbons (Fsp3) is 0.471. The van der Waals surface area contributed by atoms with Gasteiger partial charge in [-0.3, -0.25) is 14.2 Å². The second-order valence-electron chi connectivity index (χ2n) is 6.00. The fourth-order valence-electron chi connectivity index (χ4n) is 3.15. The second-order valence-corrected chi connectivity index (χ2v) is 6.00. The summed E-state index contributed by atoms with van der Waals surface area (Å²) in [7, 11) is 1.65. The highest BCUT2D eigenvalue weighted by Gasteiger charge is 2.19. The smallest absolute Gasteiger partial charge is 0.264 e. The van der Waals surface area contributed by atoms with Gasteiger partial charge in [0.2, 0.25) is 0 Å². The molecule has 0 aliphatic heterocycles. The van der Waals surface area contributed by atoms with Crippen LogP contribution in [0.5, 0.6) is 0 Å². The van der Waals surface area contributed by atoms with Gasteiger partial charge in [-0.2, -0.15) is 0 Å². The fourth-order valence-corrected chi connectivity index (χ4v) is 3.15. The van der Waals surface area contributed by atoms with E-state index in [1.54, 1.807) is 25.4 Å². The predicted molar refractivity (Wildman–Crippen MR) is 85.9 cm³/mol. The Morgan fingerprint density at radius 3 is 2.73 bits per heavy atom. The van der Waals surface area contributed by atoms with Crippen LogP contribution in [0.2, 0.25) is 0 Å². The molecule has 116 valence electrons. The normalized spacial score (nSPS) is 16.4. The SMILES string of the molecule is Cn1c(=O)c(C(=O)NC2CCCCCC2)cc2cccnc21. The standard InChI is InChI=1S/C17H21N3O2/c1-20-15-12(7-6-10-18-15)11-14(17(20)22)16(21)19-13-8-4-2-3-5-9-13/h6-7,10-11,13H,2-5,8-9H2,1H3,(H,19,21). The predicted octanol–water partition coefficient (Wildman–Crippen LogP) is 2.39. The highest BCUT2D eigenvalue weighted by Crippen LogP contribution is 2.17. The minimum absolute atomic E-state index is 0.185. The van der Waals surface area contributed by atoms with Gasteiger partial charge in [-0.05, 0) is 31.0 Å². The lowest BCUT2D eigenvalue weighted by Gasteiger charge is -2.16. The molecule has 2 aromatic heterocycles. The number of rotatable bonds is 2. The number of aromatic nitrogens is 2. The summed E-state index contributed by atoms with van der Waals surface area (Å²) >= 11 is 0. The van der Waals surface area contributed by atoms with E-state index in [0.29, 0.717) is 5.65 Å². The van der Waals surface area contributed by atoms with Gasteiger partial charge in [0.05, 0.1) is 0 Å². The molecule has 3 rings (SSSR count). The summed E-state index contributed by atoms with van der Waals surface area (Å²) in [6.07, 6.45) is 8.40. The first-order valence-electron chi connectivity index (χ1n) is 7.92. The maximum atomic E-state index is 12.5. The molecule has 1 saturated carbocycles. The zero-order chi connectivity index (χ0) is 15.5. The van der Waals surface area contributed by atoms with Crippen LogP contribution in [-0.2, 0) is 7.05 Å². The first-order valence-corrected chi connectivity index (χ1v) is 7.92. The van der Waals surface area contributed by atoms with Crippen molar-refractivity contribution in [3.8, 4) is 0 Å². The molecule has 2 heterocycles. The molecule has 0 bridgehead atoms. The Morgan fingerprint density at radius 2 is 2.00 bits per heavy atom. The van der Waals surface area contributed by atoms with Gasteiger partial charge in [-0.1, -0.05) is 25.7 Å². The Bertz CT molecular complexity index is 743. The highest BCUT2D eigenvalue weighted by atomic mass is 16.2. The molecule has 0 saturated heterocycles. The van der Waals surface area contributed by atoms with Gasteiger partial charge in [0.25, 0.3) is 11.5 Å². The number of nitrogens with zero attached hydrogens (tertiary/aromatic N) is 2. The van der Waals surface area contributed by atoms with E-state index in [0.717, 1.165) is 31.1 Å². The molecule has 1 amide bonds. The molecule has 1 N–H and O–H groups in total. The third-order valence-corrected chi connectivity index (χ3v) is 4.40. The summed E-state index contributed by atoms with van der Waals surface area (Å²) < 4.78 is 1.44. The number of fused-ring (bicyclic) bond motifs is 1. The van der Waals surface area contributed by atoms with Crippen molar-refractivity contribution in [1.29, 1.82) is 0 Å². The molecule has 0 atom stereocenters. The van der Waals surface area contributed by atoms with Crippen LogP contribution < -0.4 is 10.9 Å². The molecular weight excluding hydrogens is 278 g/mol. The van der Waals surface area contributed by atoms with Crippen LogP contribution in [0.25, 0.3) is 11.0 Å². The van der Waals surface area contributed by atoms with Crippen LogP contribution in [0.15, 0.2) is 29.2 Å². The third-order valence-electron chi connectivity index (χ3n) is 4.40. The number of amides is 1. The number of hydrogen-bond acceptors (Lipinski definition) is 3. The minimum Gasteiger partial charge on any atom is -0.349 e. The van der Waals surface area contributed by atoms with E-state index < -0.39 is 0 Å². The van der Waals surface area contributed by atoms with Gasteiger partial charge in [-0.15, -0.1) is 0 Å². The Kier molecular flexibility index (Phi) is 4.22. The van der Waals surface area contributed by atoms with E-state index in [1.807, 2.05) is 6.07 Å². The molecular formula is C17H21N3O2. The Hall–Kier alpha value is -2.17. The van der Waals surface area contributed by atoms with Crippen LogP contribution in [0.3, 0.4) is 0 Å².